The van der Waals surface area contributed by atoms with E-state index in [4.69, 9.17) is 0 Å². The molecule has 126 valence electrons. The Morgan fingerprint density at radius 1 is 1.04 bits per heavy atom. The molecule has 1 N–H and O–H groups in total. The number of amides is 1. The molecule has 2 aromatic carbocycles. The maximum Gasteiger partial charge on any atom is 0.416 e. The van der Waals surface area contributed by atoms with Crippen molar-refractivity contribution in [3.05, 3.63) is 65.2 Å². The molecule has 2 aromatic rings. The molecule has 0 radical (unpaired) electrons. The van der Waals surface area contributed by atoms with Crippen LogP contribution in [0.5, 0.6) is 0 Å². The molecule has 0 aliphatic rings. The molecule has 0 aliphatic heterocycles. The van der Waals surface area contributed by atoms with Gasteiger partial charge in [0.05, 0.1) is 5.56 Å². The number of alkyl halides is 3. The van der Waals surface area contributed by atoms with Crippen molar-refractivity contribution in [3.8, 4) is 0 Å². The van der Waals surface area contributed by atoms with Gasteiger partial charge in [-0.2, -0.15) is 13.2 Å². The van der Waals surface area contributed by atoms with E-state index in [1.807, 2.05) is 0 Å². The third-order valence-corrected chi connectivity index (χ3v) is 3.50. The van der Waals surface area contributed by atoms with Gasteiger partial charge in [-0.3, -0.25) is 4.79 Å². The number of aldehydes is 1. The molecule has 6 heteroatoms. The molecule has 0 aromatic heterocycles. The minimum atomic E-state index is -4.41. The topological polar surface area (TPSA) is 46.2 Å². The molecule has 24 heavy (non-hydrogen) atoms. The summed E-state index contributed by atoms with van der Waals surface area (Å²) in [6.45, 7) is 0. The predicted octanol–water partition coefficient (Wildman–Crippen LogP) is 4.48. The van der Waals surface area contributed by atoms with Crippen LogP contribution in [0.2, 0.25) is 0 Å². The van der Waals surface area contributed by atoms with Crippen LogP contribution in [0.1, 0.15) is 34.3 Å². The van der Waals surface area contributed by atoms with Crippen LogP contribution in [-0.4, -0.2) is 12.2 Å². The molecular weight excluding hydrogens is 319 g/mol. The second kappa shape index (κ2) is 7.77. The van der Waals surface area contributed by atoms with Gasteiger partial charge in [-0.1, -0.05) is 18.2 Å². The molecule has 0 fully saturated rings. The van der Waals surface area contributed by atoms with Crippen molar-refractivity contribution in [2.45, 2.75) is 25.4 Å². The highest BCUT2D eigenvalue weighted by Gasteiger charge is 2.30. The summed E-state index contributed by atoms with van der Waals surface area (Å²) in [4.78, 5) is 22.7. The molecular formula is C18H16F3NO2. The van der Waals surface area contributed by atoms with E-state index in [1.165, 1.54) is 12.1 Å². The molecule has 0 saturated heterocycles. The SMILES string of the molecule is O=CCCCc1ccccc1C(=O)Nc1ccc(C(F)(F)F)cc1. The Kier molecular flexibility index (Phi) is 5.73. The van der Waals surface area contributed by atoms with Crippen molar-refractivity contribution >= 4 is 17.9 Å². The number of carbonyl (C=O) groups excluding carboxylic acids is 2. The van der Waals surface area contributed by atoms with Gasteiger partial charge in [0.15, 0.2) is 0 Å². The van der Waals surface area contributed by atoms with Gasteiger partial charge in [-0.05, 0) is 48.7 Å². The molecule has 0 heterocycles. The molecule has 0 bridgehead atoms. The number of aryl methyl sites for hydroxylation is 1. The Balaban J connectivity index is 2.11. The molecule has 0 aliphatic carbocycles. The van der Waals surface area contributed by atoms with E-state index in [1.54, 1.807) is 24.3 Å². The fourth-order valence-electron chi connectivity index (χ4n) is 2.28. The number of rotatable bonds is 6. The maximum atomic E-state index is 12.5. The van der Waals surface area contributed by atoms with Crippen molar-refractivity contribution in [2.24, 2.45) is 0 Å². The fourth-order valence-corrected chi connectivity index (χ4v) is 2.28. The highest BCUT2D eigenvalue weighted by molar-refractivity contribution is 6.05. The Bertz CT molecular complexity index is 709. The molecule has 0 saturated carbocycles. The number of anilines is 1. The number of unbranched alkanes of at least 4 members (excludes halogenated alkanes) is 1. The summed E-state index contributed by atoms with van der Waals surface area (Å²) in [6, 6.07) is 11.2. The lowest BCUT2D eigenvalue weighted by Crippen LogP contribution is -2.14. The van der Waals surface area contributed by atoms with E-state index in [9.17, 15) is 22.8 Å². The lowest BCUT2D eigenvalue weighted by atomic mass is 10.0. The summed E-state index contributed by atoms with van der Waals surface area (Å²) in [5.41, 5.74) is 0.762. The molecule has 0 atom stereocenters. The van der Waals surface area contributed by atoms with Gasteiger partial charge >= 0.3 is 6.18 Å². The first-order valence-electron chi connectivity index (χ1n) is 7.42. The van der Waals surface area contributed by atoms with Crippen LogP contribution in [0.4, 0.5) is 18.9 Å². The highest BCUT2D eigenvalue weighted by Crippen LogP contribution is 2.29. The Morgan fingerprint density at radius 2 is 1.71 bits per heavy atom. The van der Waals surface area contributed by atoms with Crippen LogP contribution in [-0.2, 0) is 17.4 Å². The van der Waals surface area contributed by atoms with E-state index >= 15 is 0 Å². The van der Waals surface area contributed by atoms with Gasteiger partial charge < -0.3 is 10.1 Å². The predicted molar refractivity (Wildman–Crippen MR) is 84.8 cm³/mol. The minimum absolute atomic E-state index is 0.288. The first-order chi connectivity index (χ1) is 11.4. The molecule has 0 spiro atoms. The number of carbonyl (C=O) groups is 2. The largest absolute Gasteiger partial charge is 0.416 e. The van der Waals surface area contributed by atoms with Crippen molar-refractivity contribution in [1.29, 1.82) is 0 Å². The minimum Gasteiger partial charge on any atom is -0.322 e. The van der Waals surface area contributed by atoms with E-state index < -0.39 is 17.6 Å². The zero-order valence-corrected chi connectivity index (χ0v) is 12.8. The third kappa shape index (κ3) is 4.68. The molecule has 2 rings (SSSR count). The number of hydrogen-bond donors (Lipinski definition) is 1. The lowest BCUT2D eigenvalue weighted by Gasteiger charge is -2.11. The quantitative estimate of drug-likeness (QED) is 0.625. The highest BCUT2D eigenvalue weighted by atomic mass is 19.4. The summed E-state index contributed by atoms with van der Waals surface area (Å²) < 4.78 is 37.6. The summed E-state index contributed by atoms with van der Waals surface area (Å²) in [5.74, 6) is -0.392. The van der Waals surface area contributed by atoms with Crippen LogP contribution in [0.25, 0.3) is 0 Å². The Hall–Kier alpha value is -2.63. The van der Waals surface area contributed by atoms with Gasteiger partial charge in [-0.25, -0.2) is 0 Å². The zero-order chi connectivity index (χ0) is 17.6. The summed E-state index contributed by atoms with van der Waals surface area (Å²) >= 11 is 0. The van der Waals surface area contributed by atoms with Crippen molar-refractivity contribution in [2.75, 3.05) is 5.32 Å². The number of hydrogen-bond acceptors (Lipinski definition) is 2. The van der Waals surface area contributed by atoms with Crippen LogP contribution in [0.15, 0.2) is 48.5 Å². The normalized spacial score (nSPS) is 11.1. The molecule has 3 nitrogen and oxygen atoms in total. The summed E-state index contributed by atoms with van der Waals surface area (Å²) in [6.07, 6.45) is -1.96. The van der Waals surface area contributed by atoms with Crippen LogP contribution in [0, 0.1) is 0 Å². The Morgan fingerprint density at radius 3 is 2.33 bits per heavy atom. The maximum absolute atomic E-state index is 12.5. The van der Waals surface area contributed by atoms with E-state index in [0.717, 1.165) is 24.0 Å². The van der Waals surface area contributed by atoms with Crippen LogP contribution < -0.4 is 5.32 Å². The standard InChI is InChI=1S/C18H16F3NO2/c19-18(20,21)14-8-10-15(11-9-14)22-17(24)16-7-2-1-5-13(16)6-3-4-12-23/h1-2,5,7-12H,3-4,6H2,(H,22,24). The number of nitrogens with one attached hydrogen (secondary N) is 1. The van der Waals surface area contributed by atoms with Crippen LogP contribution in [0.3, 0.4) is 0 Å². The smallest absolute Gasteiger partial charge is 0.322 e. The third-order valence-electron chi connectivity index (χ3n) is 3.50. The number of benzene rings is 2. The van der Waals surface area contributed by atoms with Crippen molar-refractivity contribution in [1.82, 2.24) is 0 Å². The zero-order valence-electron chi connectivity index (χ0n) is 12.8. The summed E-state index contributed by atoms with van der Waals surface area (Å²) in [7, 11) is 0. The van der Waals surface area contributed by atoms with Gasteiger partial charge in [0, 0.05) is 17.7 Å². The molecule has 1 amide bonds. The van der Waals surface area contributed by atoms with Crippen molar-refractivity contribution in [3.63, 3.8) is 0 Å². The molecule has 0 unspecified atom stereocenters. The van der Waals surface area contributed by atoms with Gasteiger partial charge in [0.1, 0.15) is 6.29 Å². The van der Waals surface area contributed by atoms with Crippen LogP contribution >= 0.6 is 0 Å². The number of halogens is 3. The second-order valence-corrected chi connectivity index (χ2v) is 5.25. The monoisotopic (exact) mass is 335 g/mol. The van der Waals surface area contributed by atoms with E-state index in [-0.39, 0.29) is 5.69 Å². The van der Waals surface area contributed by atoms with Crippen molar-refractivity contribution < 1.29 is 22.8 Å². The summed E-state index contributed by atoms with van der Waals surface area (Å²) in [5, 5.41) is 2.59. The van der Waals surface area contributed by atoms with E-state index in [2.05, 4.69) is 5.32 Å². The fraction of sp³-hybridized carbons (Fsp3) is 0.222. The van der Waals surface area contributed by atoms with E-state index in [0.29, 0.717) is 24.8 Å². The first-order valence-corrected chi connectivity index (χ1v) is 7.42. The average molecular weight is 335 g/mol. The van der Waals surface area contributed by atoms with Gasteiger partial charge in [0.25, 0.3) is 5.91 Å². The second-order valence-electron chi connectivity index (χ2n) is 5.25. The van der Waals surface area contributed by atoms with Gasteiger partial charge in [-0.15, -0.1) is 0 Å². The van der Waals surface area contributed by atoms with Gasteiger partial charge in [0.2, 0.25) is 0 Å². The Labute approximate surface area is 137 Å². The lowest BCUT2D eigenvalue weighted by molar-refractivity contribution is -0.137. The average Bonchev–Trinajstić information content (AvgIpc) is 2.55. The first kappa shape index (κ1) is 17.7.